The zero-order valence-electron chi connectivity index (χ0n) is 27.6. The van der Waals surface area contributed by atoms with Gasteiger partial charge in [-0.1, -0.05) is 97.1 Å². The molecule has 0 aliphatic heterocycles. The van der Waals surface area contributed by atoms with Gasteiger partial charge in [0.05, 0.1) is 5.69 Å². The summed E-state index contributed by atoms with van der Waals surface area (Å²) in [5.74, 6) is -0.465. The number of hydrogen-bond acceptors (Lipinski definition) is 7. The van der Waals surface area contributed by atoms with E-state index in [1.54, 1.807) is 42.5 Å². The molecule has 1 aromatic heterocycles. The summed E-state index contributed by atoms with van der Waals surface area (Å²) in [6.07, 6.45) is 1.62. The van der Waals surface area contributed by atoms with Crippen molar-refractivity contribution in [3.05, 3.63) is 179 Å². The maximum Gasteiger partial charge on any atom is 0.272 e. The van der Waals surface area contributed by atoms with Crippen molar-refractivity contribution >= 4 is 57.7 Å². The lowest BCUT2D eigenvalue weighted by atomic mass is 10.1. The number of aromatic nitrogens is 1. The smallest absolute Gasteiger partial charge is 0.272 e. The minimum absolute atomic E-state index is 0.0557. The lowest BCUT2D eigenvalue weighted by Gasteiger charge is -2.17. The van der Waals surface area contributed by atoms with E-state index in [1.807, 2.05) is 115 Å². The van der Waals surface area contributed by atoms with Crippen LogP contribution in [0.25, 0.3) is 6.08 Å². The highest BCUT2D eigenvalue weighted by atomic mass is 32.2. The van der Waals surface area contributed by atoms with Crippen molar-refractivity contribution in [1.29, 1.82) is 0 Å². The summed E-state index contributed by atoms with van der Waals surface area (Å²) < 4.78 is 5.91. The van der Waals surface area contributed by atoms with Crippen LogP contribution in [0.3, 0.4) is 0 Å². The van der Waals surface area contributed by atoms with Crippen molar-refractivity contribution in [2.45, 2.75) is 23.7 Å². The highest BCUT2D eigenvalue weighted by molar-refractivity contribution is 8.00. The van der Waals surface area contributed by atoms with Gasteiger partial charge in [0.15, 0.2) is 5.13 Å². The number of thiazole rings is 1. The molecule has 8 nitrogen and oxygen atoms in total. The largest absolute Gasteiger partial charge is 0.489 e. The summed E-state index contributed by atoms with van der Waals surface area (Å²) in [7, 11) is 0. The monoisotopic (exact) mass is 710 g/mol. The number of amides is 3. The van der Waals surface area contributed by atoms with E-state index >= 15 is 0 Å². The molecule has 0 radical (unpaired) electrons. The Labute approximate surface area is 304 Å². The number of carbonyl (C=O) groups is 3. The molecule has 0 aliphatic rings. The molecule has 0 saturated heterocycles. The van der Waals surface area contributed by atoms with Crippen LogP contribution in [0, 0.1) is 6.92 Å². The molecule has 254 valence electrons. The molecule has 51 heavy (non-hydrogen) atoms. The van der Waals surface area contributed by atoms with Crippen molar-refractivity contribution in [3.8, 4) is 5.75 Å². The molecule has 3 amide bonds. The average molecular weight is 711 g/mol. The van der Waals surface area contributed by atoms with Gasteiger partial charge in [-0.25, -0.2) is 4.98 Å². The molecule has 6 rings (SSSR count). The lowest BCUT2D eigenvalue weighted by molar-refractivity contribution is -0.116. The van der Waals surface area contributed by atoms with Crippen LogP contribution < -0.4 is 20.7 Å². The molecule has 10 heteroatoms. The predicted molar refractivity (Wildman–Crippen MR) is 205 cm³/mol. The van der Waals surface area contributed by atoms with Gasteiger partial charge in [0, 0.05) is 21.5 Å². The van der Waals surface area contributed by atoms with Gasteiger partial charge in [-0.3, -0.25) is 14.4 Å². The Kier molecular flexibility index (Phi) is 11.7. The number of rotatable bonds is 13. The van der Waals surface area contributed by atoms with E-state index in [2.05, 4.69) is 20.9 Å². The second-order valence-electron chi connectivity index (χ2n) is 11.4. The number of nitrogens with zero attached hydrogens (tertiary/aromatic N) is 1. The normalized spacial score (nSPS) is 11.7. The number of hydrogen-bond donors (Lipinski definition) is 3. The SMILES string of the molecule is Cc1csc(NC(=O)C(Sc2cccc(NC(=O)/C(=C/c3ccc(OCc4ccccc4)cc3)NC(=O)c3ccccc3)c2)c2ccccc2)n1. The third kappa shape index (κ3) is 10.0. The first-order valence-electron chi connectivity index (χ1n) is 16.1. The Bertz CT molecular complexity index is 2120. The lowest BCUT2D eigenvalue weighted by Crippen LogP contribution is -2.30. The third-order valence-corrected chi connectivity index (χ3v) is 9.63. The molecule has 3 N–H and O–H groups in total. The van der Waals surface area contributed by atoms with Crippen LogP contribution in [-0.2, 0) is 16.2 Å². The Morgan fingerprint density at radius 3 is 2.18 bits per heavy atom. The van der Waals surface area contributed by atoms with Crippen LogP contribution in [0.4, 0.5) is 10.8 Å². The molecular weight excluding hydrogens is 677 g/mol. The highest BCUT2D eigenvalue weighted by Crippen LogP contribution is 2.37. The van der Waals surface area contributed by atoms with E-state index in [-0.39, 0.29) is 11.6 Å². The zero-order chi connectivity index (χ0) is 35.4. The number of aryl methyl sites for hydroxylation is 1. The quantitative estimate of drug-likeness (QED) is 0.0816. The van der Waals surface area contributed by atoms with E-state index < -0.39 is 17.1 Å². The summed E-state index contributed by atoms with van der Waals surface area (Å²) in [6.45, 7) is 2.30. The molecule has 0 spiro atoms. The van der Waals surface area contributed by atoms with E-state index in [0.717, 1.165) is 21.7 Å². The topological polar surface area (TPSA) is 109 Å². The molecular formula is C41H34N4O4S2. The van der Waals surface area contributed by atoms with Crippen molar-refractivity contribution < 1.29 is 19.1 Å². The fourth-order valence-corrected chi connectivity index (χ4v) is 6.75. The van der Waals surface area contributed by atoms with Crippen LogP contribution in [0.15, 0.2) is 155 Å². The van der Waals surface area contributed by atoms with Gasteiger partial charge in [0.1, 0.15) is 23.3 Å². The molecule has 6 aromatic rings. The van der Waals surface area contributed by atoms with Crippen molar-refractivity contribution in [3.63, 3.8) is 0 Å². The zero-order valence-corrected chi connectivity index (χ0v) is 29.2. The van der Waals surface area contributed by atoms with Gasteiger partial charge in [0.25, 0.3) is 11.8 Å². The molecule has 1 atom stereocenters. The Morgan fingerprint density at radius 2 is 1.49 bits per heavy atom. The summed E-state index contributed by atoms with van der Waals surface area (Å²) in [5.41, 5.74) is 4.37. The van der Waals surface area contributed by atoms with E-state index in [9.17, 15) is 14.4 Å². The fourth-order valence-electron chi connectivity index (χ4n) is 4.98. The first-order valence-corrected chi connectivity index (χ1v) is 17.9. The minimum atomic E-state index is -0.582. The molecule has 5 aromatic carbocycles. The number of carbonyl (C=O) groups excluding carboxylic acids is 3. The molecule has 1 heterocycles. The van der Waals surface area contributed by atoms with Crippen LogP contribution in [0.5, 0.6) is 5.75 Å². The first-order chi connectivity index (χ1) is 24.9. The summed E-state index contributed by atoms with van der Waals surface area (Å²) in [4.78, 5) is 45.6. The minimum Gasteiger partial charge on any atom is -0.489 e. The molecule has 0 aliphatic carbocycles. The Morgan fingerprint density at radius 1 is 0.804 bits per heavy atom. The Balaban J connectivity index is 1.20. The number of thioether (sulfide) groups is 1. The van der Waals surface area contributed by atoms with Gasteiger partial charge >= 0.3 is 0 Å². The van der Waals surface area contributed by atoms with Gasteiger partial charge < -0.3 is 20.7 Å². The summed E-state index contributed by atoms with van der Waals surface area (Å²) in [5, 5.41) is 10.5. The highest BCUT2D eigenvalue weighted by Gasteiger charge is 2.23. The second-order valence-corrected chi connectivity index (χ2v) is 13.4. The maximum absolute atomic E-state index is 13.8. The number of benzene rings is 5. The van der Waals surface area contributed by atoms with Gasteiger partial charge in [-0.15, -0.1) is 23.1 Å². The number of anilines is 2. The number of nitrogens with one attached hydrogen (secondary N) is 3. The van der Waals surface area contributed by atoms with Crippen LogP contribution in [-0.4, -0.2) is 22.7 Å². The van der Waals surface area contributed by atoms with Crippen LogP contribution in [0.1, 0.15) is 38.0 Å². The summed E-state index contributed by atoms with van der Waals surface area (Å²) in [6, 6.07) is 42.6. The van der Waals surface area contributed by atoms with E-state index in [0.29, 0.717) is 34.3 Å². The Hall–Kier alpha value is -5.97. The average Bonchev–Trinajstić information content (AvgIpc) is 3.58. The predicted octanol–water partition coefficient (Wildman–Crippen LogP) is 8.91. The van der Waals surface area contributed by atoms with Crippen molar-refractivity contribution in [1.82, 2.24) is 10.3 Å². The standard InChI is InChI=1S/C41H34N4O4S2/c1-28-27-50-41(42-28)45-40(48)37(31-14-7-3-8-15-31)51-35-19-11-18-33(25-35)43-39(47)36(44-38(46)32-16-9-4-10-17-32)24-29-20-22-34(23-21-29)49-26-30-12-5-2-6-13-30/h2-25,27,37H,26H2,1H3,(H,43,47)(H,44,46)(H,42,45,48)/b36-24-. The van der Waals surface area contributed by atoms with Crippen molar-refractivity contribution in [2.75, 3.05) is 10.6 Å². The summed E-state index contributed by atoms with van der Waals surface area (Å²) >= 11 is 2.73. The second kappa shape index (κ2) is 17.1. The van der Waals surface area contributed by atoms with Crippen LogP contribution in [0.2, 0.25) is 0 Å². The number of ether oxygens (including phenoxy) is 1. The van der Waals surface area contributed by atoms with Gasteiger partial charge in [-0.05, 0) is 72.2 Å². The first kappa shape index (κ1) is 34.9. The van der Waals surface area contributed by atoms with E-state index in [1.165, 1.54) is 23.1 Å². The molecule has 0 fully saturated rings. The van der Waals surface area contributed by atoms with Crippen molar-refractivity contribution in [2.24, 2.45) is 0 Å². The molecule has 0 bridgehead atoms. The third-order valence-electron chi connectivity index (χ3n) is 7.50. The van der Waals surface area contributed by atoms with Gasteiger partial charge in [0.2, 0.25) is 5.91 Å². The van der Waals surface area contributed by atoms with E-state index in [4.69, 9.17) is 4.74 Å². The fraction of sp³-hybridized carbons (Fsp3) is 0.0732. The van der Waals surface area contributed by atoms with Gasteiger partial charge in [-0.2, -0.15) is 0 Å². The molecule has 0 saturated carbocycles. The maximum atomic E-state index is 13.8. The molecule has 1 unspecified atom stereocenters. The van der Waals surface area contributed by atoms with Crippen LogP contribution >= 0.6 is 23.1 Å².